The second-order valence-corrected chi connectivity index (χ2v) is 5.61. The molecule has 0 atom stereocenters. The van der Waals surface area contributed by atoms with Gasteiger partial charge in [0.15, 0.2) is 0 Å². The zero-order chi connectivity index (χ0) is 14.1. The fourth-order valence-electron chi connectivity index (χ4n) is 2.01. The monoisotopic (exact) mass is 347 g/mol. The van der Waals surface area contributed by atoms with Crippen molar-refractivity contribution in [1.29, 1.82) is 0 Å². The molecule has 0 unspecified atom stereocenters. The van der Waals surface area contributed by atoms with E-state index in [2.05, 4.69) is 26.2 Å². The van der Waals surface area contributed by atoms with Gasteiger partial charge < -0.3 is 11.1 Å². The molecule has 0 bridgehead atoms. The highest BCUT2D eigenvalue weighted by atomic mass is 79.9. The number of halogens is 2. The van der Waals surface area contributed by atoms with Crippen molar-refractivity contribution < 1.29 is 0 Å². The van der Waals surface area contributed by atoms with Crippen LogP contribution in [0.15, 0.2) is 53.1 Å². The van der Waals surface area contributed by atoms with Gasteiger partial charge in [-0.1, -0.05) is 11.6 Å². The number of nitrogens with zero attached hydrogens (tertiary/aromatic N) is 1. The number of pyridine rings is 1. The van der Waals surface area contributed by atoms with Crippen LogP contribution in [0.3, 0.4) is 0 Å². The van der Waals surface area contributed by atoms with E-state index in [-0.39, 0.29) is 0 Å². The van der Waals surface area contributed by atoms with Crippen molar-refractivity contribution in [2.45, 2.75) is 0 Å². The van der Waals surface area contributed by atoms with Crippen LogP contribution in [0.25, 0.3) is 10.9 Å². The van der Waals surface area contributed by atoms with Gasteiger partial charge in [0.05, 0.1) is 21.9 Å². The first-order valence-corrected chi connectivity index (χ1v) is 7.17. The van der Waals surface area contributed by atoms with Gasteiger partial charge in [-0.3, -0.25) is 4.98 Å². The summed E-state index contributed by atoms with van der Waals surface area (Å²) in [5, 5.41) is 4.85. The van der Waals surface area contributed by atoms with Crippen LogP contribution in [0.1, 0.15) is 0 Å². The molecular formula is C15H11BrClN3. The molecule has 3 aromatic rings. The fraction of sp³-hybridized carbons (Fsp3) is 0. The predicted octanol–water partition coefficient (Wildman–Crippen LogP) is 4.98. The number of aromatic nitrogens is 1. The van der Waals surface area contributed by atoms with Crippen LogP contribution < -0.4 is 11.1 Å². The largest absolute Gasteiger partial charge is 0.396 e. The highest BCUT2D eigenvalue weighted by molar-refractivity contribution is 9.10. The van der Waals surface area contributed by atoms with Crippen LogP contribution in [-0.2, 0) is 0 Å². The summed E-state index contributed by atoms with van der Waals surface area (Å²) < 4.78 is 0.861. The SMILES string of the molecule is Nc1c(Nc2ccc(Br)c(Cl)c2)ccc2ncccc12. The Morgan fingerprint density at radius 2 is 2.00 bits per heavy atom. The Bertz CT molecular complexity index is 789. The van der Waals surface area contributed by atoms with Crippen molar-refractivity contribution in [1.82, 2.24) is 4.98 Å². The van der Waals surface area contributed by atoms with Crippen molar-refractivity contribution in [3.05, 3.63) is 58.2 Å². The Morgan fingerprint density at radius 1 is 1.15 bits per heavy atom. The van der Waals surface area contributed by atoms with Gasteiger partial charge in [0.2, 0.25) is 0 Å². The van der Waals surface area contributed by atoms with E-state index < -0.39 is 0 Å². The lowest BCUT2D eigenvalue weighted by molar-refractivity contribution is 1.41. The maximum atomic E-state index is 6.19. The molecule has 1 aromatic heterocycles. The third-order valence-electron chi connectivity index (χ3n) is 3.03. The molecule has 100 valence electrons. The number of nitrogens with two attached hydrogens (primary N) is 1. The second-order valence-electron chi connectivity index (χ2n) is 4.35. The van der Waals surface area contributed by atoms with Gasteiger partial charge in [0.25, 0.3) is 0 Å². The molecule has 3 nitrogen and oxygen atoms in total. The first-order valence-electron chi connectivity index (χ1n) is 6.00. The van der Waals surface area contributed by atoms with Gasteiger partial charge in [-0.15, -0.1) is 0 Å². The summed E-state index contributed by atoms with van der Waals surface area (Å²) >= 11 is 9.46. The summed E-state index contributed by atoms with van der Waals surface area (Å²) in [5.74, 6) is 0. The predicted molar refractivity (Wildman–Crippen MR) is 88.6 cm³/mol. The van der Waals surface area contributed by atoms with E-state index >= 15 is 0 Å². The summed E-state index contributed by atoms with van der Waals surface area (Å²) in [6.07, 6.45) is 1.75. The first kappa shape index (κ1) is 13.2. The van der Waals surface area contributed by atoms with Crippen LogP contribution in [-0.4, -0.2) is 4.98 Å². The molecule has 3 rings (SSSR count). The van der Waals surface area contributed by atoms with E-state index in [0.717, 1.165) is 26.8 Å². The Balaban J connectivity index is 2.02. The highest BCUT2D eigenvalue weighted by Crippen LogP contribution is 2.32. The Hall–Kier alpha value is -1.78. The number of nitrogen functional groups attached to an aromatic ring is 1. The highest BCUT2D eigenvalue weighted by Gasteiger charge is 2.06. The fourth-order valence-corrected chi connectivity index (χ4v) is 2.44. The molecule has 5 heteroatoms. The van der Waals surface area contributed by atoms with Gasteiger partial charge in [-0.05, 0) is 58.4 Å². The normalized spacial score (nSPS) is 10.7. The molecular weight excluding hydrogens is 338 g/mol. The van der Waals surface area contributed by atoms with E-state index in [1.807, 2.05) is 42.5 Å². The lowest BCUT2D eigenvalue weighted by Gasteiger charge is -2.12. The number of nitrogens with one attached hydrogen (secondary N) is 1. The van der Waals surface area contributed by atoms with Crippen molar-refractivity contribution in [3.63, 3.8) is 0 Å². The molecule has 0 aliphatic carbocycles. The minimum atomic E-state index is 0.649. The van der Waals surface area contributed by atoms with Crippen LogP contribution in [0.4, 0.5) is 17.1 Å². The summed E-state index contributed by atoms with van der Waals surface area (Å²) in [6.45, 7) is 0. The van der Waals surface area contributed by atoms with E-state index in [9.17, 15) is 0 Å². The van der Waals surface area contributed by atoms with Gasteiger partial charge >= 0.3 is 0 Å². The molecule has 0 fully saturated rings. The molecule has 0 aliphatic rings. The average Bonchev–Trinajstić information content (AvgIpc) is 2.46. The quantitative estimate of drug-likeness (QED) is 0.642. The van der Waals surface area contributed by atoms with E-state index in [1.54, 1.807) is 6.20 Å². The average molecular weight is 349 g/mol. The molecule has 0 amide bonds. The van der Waals surface area contributed by atoms with Gasteiger partial charge in [0.1, 0.15) is 0 Å². The number of anilines is 3. The third kappa shape index (κ3) is 2.44. The lowest BCUT2D eigenvalue weighted by atomic mass is 10.1. The zero-order valence-electron chi connectivity index (χ0n) is 10.4. The first-order chi connectivity index (χ1) is 9.65. The standard InChI is InChI=1S/C15H11BrClN3/c16-11-4-3-9(8-12(11)17)20-14-6-5-13-10(15(14)18)2-1-7-19-13/h1-8,20H,18H2. The van der Waals surface area contributed by atoms with E-state index in [0.29, 0.717) is 10.7 Å². The summed E-state index contributed by atoms with van der Waals surface area (Å²) in [6, 6.07) is 13.4. The van der Waals surface area contributed by atoms with Crippen molar-refractivity contribution in [2.75, 3.05) is 11.1 Å². The minimum absolute atomic E-state index is 0.649. The van der Waals surface area contributed by atoms with Crippen LogP contribution in [0, 0.1) is 0 Å². The number of rotatable bonds is 2. The maximum absolute atomic E-state index is 6.19. The van der Waals surface area contributed by atoms with Crippen molar-refractivity contribution in [2.24, 2.45) is 0 Å². The summed E-state index contributed by atoms with van der Waals surface area (Å²) in [4.78, 5) is 4.28. The number of fused-ring (bicyclic) bond motifs is 1. The molecule has 3 N–H and O–H groups in total. The second kappa shape index (κ2) is 5.31. The van der Waals surface area contributed by atoms with Crippen molar-refractivity contribution in [3.8, 4) is 0 Å². The van der Waals surface area contributed by atoms with E-state index in [1.165, 1.54) is 0 Å². The van der Waals surface area contributed by atoms with Crippen LogP contribution in [0.2, 0.25) is 5.02 Å². The van der Waals surface area contributed by atoms with E-state index in [4.69, 9.17) is 17.3 Å². The van der Waals surface area contributed by atoms with Gasteiger partial charge in [0, 0.05) is 21.7 Å². The van der Waals surface area contributed by atoms with Crippen LogP contribution >= 0.6 is 27.5 Å². The smallest absolute Gasteiger partial charge is 0.0724 e. The zero-order valence-corrected chi connectivity index (χ0v) is 12.7. The minimum Gasteiger partial charge on any atom is -0.396 e. The van der Waals surface area contributed by atoms with Gasteiger partial charge in [-0.2, -0.15) is 0 Å². The lowest BCUT2D eigenvalue weighted by Crippen LogP contribution is -1.97. The summed E-state index contributed by atoms with van der Waals surface area (Å²) in [5.41, 5.74) is 9.46. The Kier molecular flexibility index (Phi) is 3.51. The number of hydrogen-bond acceptors (Lipinski definition) is 3. The molecule has 20 heavy (non-hydrogen) atoms. The summed E-state index contributed by atoms with van der Waals surface area (Å²) in [7, 11) is 0. The molecule has 2 aromatic carbocycles. The topological polar surface area (TPSA) is 50.9 Å². The van der Waals surface area contributed by atoms with Gasteiger partial charge in [-0.25, -0.2) is 0 Å². The molecule has 0 radical (unpaired) electrons. The molecule has 0 aliphatic heterocycles. The Morgan fingerprint density at radius 3 is 2.80 bits per heavy atom. The molecule has 1 heterocycles. The molecule has 0 spiro atoms. The third-order valence-corrected chi connectivity index (χ3v) is 4.26. The number of hydrogen-bond donors (Lipinski definition) is 2. The molecule has 0 saturated heterocycles. The maximum Gasteiger partial charge on any atom is 0.0724 e. The Labute approximate surface area is 129 Å². The van der Waals surface area contributed by atoms with Crippen molar-refractivity contribution >= 4 is 55.5 Å². The molecule has 0 saturated carbocycles. The number of benzene rings is 2. The van der Waals surface area contributed by atoms with Crippen LogP contribution in [0.5, 0.6) is 0 Å².